The number of hydrogen-bond donors (Lipinski definition) is 2. The largest absolute Gasteiger partial charge is 0.377 e. The second kappa shape index (κ2) is 3.08. The predicted octanol–water partition coefficient (Wildman–Crippen LogP) is -0.706. The lowest BCUT2D eigenvalue weighted by Gasteiger charge is -2.40. The van der Waals surface area contributed by atoms with Crippen molar-refractivity contribution < 1.29 is 10.0 Å². The second-order valence-corrected chi connectivity index (χ2v) is 4.13. The lowest BCUT2D eigenvalue weighted by Crippen LogP contribution is -3.15. The SMILES string of the molecule is C#C[C@@]1(O)C[C@@H](C)[NH+](C)C[C@H]1C. The van der Waals surface area contributed by atoms with Gasteiger partial charge in [0, 0.05) is 12.3 Å². The molecule has 1 aliphatic heterocycles. The van der Waals surface area contributed by atoms with Gasteiger partial charge in [-0.25, -0.2) is 0 Å². The van der Waals surface area contributed by atoms with Crippen LogP contribution in [0.1, 0.15) is 20.3 Å². The summed E-state index contributed by atoms with van der Waals surface area (Å²) in [5.41, 5.74) is -0.862. The summed E-state index contributed by atoms with van der Waals surface area (Å²) in [6.45, 7) is 5.11. The lowest BCUT2D eigenvalue weighted by atomic mass is 9.80. The molecule has 1 fully saturated rings. The molecule has 2 N–H and O–H groups in total. The highest BCUT2D eigenvalue weighted by Crippen LogP contribution is 2.23. The number of terminal acetylenes is 1. The van der Waals surface area contributed by atoms with E-state index in [-0.39, 0.29) is 5.92 Å². The highest BCUT2D eigenvalue weighted by molar-refractivity contribution is 5.11. The Morgan fingerprint density at radius 2 is 2.17 bits per heavy atom. The van der Waals surface area contributed by atoms with Gasteiger partial charge in [0.25, 0.3) is 0 Å². The number of nitrogens with one attached hydrogen (secondary N) is 1. The van der Waals surface area contributed by atoms with Crippen LogP contribution in [0, 0.1) is 18.3 Å². The number of quaternary nitrogens is 1. The van der Waals surface area contributed by atoms with Gasteiger partial charge in [0.15, 0.2) is 0 Å². The van der Waals surface area contributed by atoms with Crippen molar-refractivity contribution in [2.45, 2.75) is 31.9 Å². The van der Waals surface area contributed by atoms with E-state index >= 15 is 0 Å². The Bertz CT molecular complexity index is 208. The molecule has 0 aromatic carbocycles. The van der Waals surface area contributed by atoms with E-state index in [1.54, 1.807) is 0 Å². The van der Waals surface area contributed by atoms with Crippen LogP contribution in [-0.4, -0.2) is 30.3 Å². The smallest absolute Gasteiger partial charge is 0.138 e. The molecule has 68 valence electrons. The van der Waals surface area contributed by atoms with Crippen molar-refractivity contribution in [3.63, 3.8) is 0 Å². The Balaban J connectivity index is 2.76. The van der Waals surface area contributed by atoms with E-state index in [4.69, 9.17) is 6.42 Å². The van der Waals surface area contributed by atoms with Crippen LogP contribution in [-0.2, 0) is 0 Å². The maximum Gasteiger partial charge on any atom is 0.138 e. The molecule has 1 aliphatic rings. The van der Waals surface area contributed by atoms with Crippen molar-refractivity contribution in [1.82, 2.24) is 0 Å². The molecule has 0 bridgehead atoms. The van der Waals surface area contributed by atoms with E-state index in [9.17, 15) is 5.11 Å². The fraction of sp³-hybridized carbons (Fsp3) is 0.800. The number of hydrogen-bond acceptors (Lipinski definition) is 1. The quantitative estimate of drug-likeness (QED) is 0.459. The van der Waals surface area contributed by atoms with Crippen LogP contribution in [0.3, 0.4) is 0 Å². The summed E-state index contributed by atoms with van der Waals surface area (Å²) in [5.74, 6) is 2.73. The Morgan fingerprint density at radius 3 is 2.67 bits per heavy atom. The van der Waals surface area contributed by atoms with Gasteiger partial charge in [-0.1, -0.05) is 12.8 Å². The zero-order valence-electron chi connectivity index (χ0n) is 8.09. The van der Waals surface area contributed by atoms with Gasteiger partial charge in [-0.05, 0) is 6.92 Å². The zero-order chi connectivity index (χ0) is 9.35. The van der Waals surface area contributed by atoms with E-state index in [2.05, 4.69) is 19.9 Å². The van der Waals surface area contributed by atoms with E-state index < -0.39 is 5.60 Å². The molecule has 0 aromatic heterocycles. The summed E-state index contributed by atoms with van der Waals surface area (Å²) in [5, 5.41) is 9.99. The van der Waals surface area contributed by atoms with Gasteiger partial charge >= 0.3 is 0 Å². The van der Waals surface area contributed by atoms with Crippen molar-refractivity contribution in [2.24, 2.45) is 5.92 Å². The van der Waals surface area contributed by atoms with Crippen molar-refractivity contribution in [3.05, 3.63) is 0 Å². The first-order chi connectivity index (χ1) is 5.49. The first kappa shape index (κ1) is 9.57. The Labute approximate surface area is 74.6 Å². The van der Waals surface area contributed by atoms with Crippen LogP contribution in [0.4, 0.5) is 0 Å². The molecule has 0 aromatic rings. The molecule has 4 atom stereocenters. The Hall–Kier alpha value is -0.520. The van der Waals surface area contributed by atoms with Gasteiger partial charge in [0.1, 0.15) is 5.60 Å². The van der Waals surface area contributed by atoms with E-state index in [0.29, 0.717) is 6.04 Å². The maximum atomic E-state index is 9.99. The molecule has 1 unspecified atom stereocenters. The van der Waals surface area contributed by atoms with E-state index in [1.807, 2.05) is 6.92 Å². The molecule has 2 nitrogen and oxygen atoms in total. The third-order valence-electron chi connectivity index (χ3n) is 3.15. The third kappa shape index (κ3) is 1.48. The fourth-order valence-electron chi connectivity index (χ4n) is 1.90. The molecule has 0 amide bonds. The van der Waals surface area contributed by atoms with Gasteiger partial charge in [0.05, 0.1) is 19.6 Å². The third-order valence-corrected chi connectivity index (χ3v) is 3.15. The monoisotopic (exact) mass is 168 g/mol. The highest BCUT2D eigenvalue weighted by atomic mass is 16.3. The summed E-state index contributed by atoms with van der Waals surface area (Å²) in [4.78, 5) is 1.46. The van der Waals surface area contributed by atoms with Gasteiger partial charge in [0.2, 0.25) is 0 Å². The second-order valence-electron chi connectivity index (χ2n) is 4.13. The maximum absolute atomic E-state index is 9.99. The highest BCUT2D eigenvalue weighted by Gasteiger charge is 2.42. The molecule has 12 heavy (non-hydrogen) atoms. The van der Waals surface area contributed by atoms with Gasteiger partial charge in [-0.2, -0.15) is 0 Å². The Morgan fingerprint density at radius 1 is 1.58 bits per heavy atom. The standard InChI is InChI=1S/C10H17NO/c1-5-10(12)6-9(3)11(4)7-8(10)2/h1,8-9,12H,6-7H2,2-4H3/p+1/t8-,9-,10-/m1/s1. The fourth-order valence-corrected chi connectivity index (χ4v) is 1.90. The first-order valence-electron chi connectivity index (χ1n) is 4.52. The summed E-state index contributed by atoms with van der Waals surface area (Å²) in [6, 6.07) is 0.460. The number of rotatable bonds is 0. The number of piperidine rings is 1. The predicted molar refractivity (Wildman–Crippen MR) is 48.8 cm³/mol. The van der Waals surface area contributed by atoms with Crippen LogP contribution in [0.15, 0.2) is 0 Å². The zero-order valence-corrected chi connectivity index (χ0v) is 8.09. The van der Waals surface area contributed by atoms with E-state index in [0.717, 1.165) is 13.0 Å². The summed E-state index contributed by atoms with van der Waals surface area (Å²) >= 11 is 0. The molecule has 0 spiro atoms. The average molecular weight is 168 g/mol. The van der Waals surface area contributed by atoms with E-state index in [1.165, 1.54) is 4.90 Å². The average Bonchev–Trinajstić information content (AvgIpc) is 2.01. The van der Waals surface area contributed by atoms with Gasteiger partial charge in [-0.3, -0.25) is 0 Å². The minimum atomic E-state index is -0.862. The molecule has 1 saturated heterocycles. The minimum absolute atomic E-state index is 0.207. The normalized spacial score (nSPS) is 48.4. The topological polar surface area (TPSA) is 24.7 Å². The summed E-state index contributed by atoms with van der Waals surface area (Å²) < 4.78 is 0. The molecule has 0 radical (unpaired) electrons. The Kier molecular flexibility index (Phi) is 2.46. The van der Waals surface area contributed by atoms with Crippen molar-refractivity contribution >= 4 is 0 Å². The van der Waals surface area contributed by atoms with Crippen LogP contribution in [0.5, 0.6) is 0 Å². The lowest BCUT2D eigenvalue weighted by molar-refractivity contribution is -0.915. The van der Waals surface area contributed by atoms with Crippen molar-refractivity contribution in [2.75, 3.05) is 13.6 Å². The van der Waals surface area contributed by atoms with Crippen molar-refractivity contribution in [1.29, 1.82) is 0 Å². The van der Waals surface area contributed by atoms with Gasteiger partial charge in [-0.15, -0.1) is 6.42 Å². The number of likely N-dealkylation sites (tertiary alicyclic amines) is 1. The van der Waals surface area contributed by atoms with Crippen LogP contribution < -0.4 is 4.90 Å². The molecule has 2 heteroatoms. The summed E-state index contributed by atoms with van der Waals surface area (Å²) in [6.07, 6.45) is 6.05. The molecule has 0 saturated carbocycles. The number of aliphatic hydroxyl groups is 1. The molecular formula is C10H18NO+. The summed E-state index contributed by atoms with van der Waals surface area (Å²) in [7, 11) is 2.15. The van der Waals surface area contributed by atoms with Crippen LogP contribution >= 0.6 is 0 Å². The van der Waals surface area contributed by atoms with Crippen molar-refractivity contribution in [3.8, 4) is 12.3 Å². The molecule has 0 aliphatic carbocycles. The van der Waals surface area contributed by atoms with Crippen LogP contribution in [0.25, 0.3) is 0 Å². The minimum Gasteiger partial charge on any atom is -0.377 e. The molecule has 1 rings (SSSR count). The van der Waals surface area contributed by atoms with Gasteiger partial charge < -0.3 is 10.0 Å². The molecular weight excluding hydrogens is 150 g/mol. The first-order valence-corrected chi connectivity index (χ1v) is 4.52. The van der Waals surface area contributed by atoms with Crippen LogP contribution in [0.2, 0.25) is 0 Å². The molecule has 1 heterocycles.